The highest BCUT2D eigenvalue weighted by molar-refractivity contribution is 6.31. The van der Waals surface area contributed by atoms with Crippen LogP contribution in [0.1, 0.15) is 36.5 Å². The first-order valence-corrected chi connectivity index (χ1v) is 6.77. The van der Waals surface area contributed by atoms with E-state index in [0.717, 1.165) is 6.54 Å². The van der Waals surface area contributed by atoms with E-state index in [9.17, 15) is 9.90 Å². The molecule has 0 atom stereocenters. The third-order valence-electron chi connectivity index (χ3n) is 3.56. The van der Waals surface area contributed by atoms with Crippen LogP contribution in [0.15, 0.2) is 18.2 Å². The van der Waals surface area contributed by atoms with Gasteiger partial charge in [-0.25, -0.2) is 0 Å². The summed E-state index contributed by atoms with van der Waals surface area (Å²) in [6, 6.07) is 4.57. The van der Waals surface area contributed by atoms with Gasteiger partial charge in [0.1, 0.15) is 5.75 Å². The van der Waals surface area contributed by atoms with Gasteiger partial charge in [-0.15, -0.1) is 0 Å². The molecule has 1 amide bonds. The van der Waals surface area contributed by atoms with Crippen molar-refractivity contribution >= 4 is 17.5 Å². The molecule has 2 rings (SSSR count). The molecular weight excluding hydrogens is 250 g/mol. The van der Waals surface area contributed by atoms with Crippen LogP contribution in [0.25, 0.3) is 0 Å². The molecule has 3 nitrogen and oxygen atoms in total. The molecule has 0 saturated heterocycles. The smallest absolute Gasteiger partial charge is 0.257 e. The lowest BCUT2D eigenvalue weighted by atomic mass is 9.85. The first kappa shape index (κ1) is 13.2. The molecule has 0 spiro atoms. The Bertz CT molecular complexity index is 443. The molecule has 1 N–H and O–H groups in total. The van der Waals surface area contributed by atoms with Gasteiger partial charge in [0.05, 0.1) is 5.56 Å². The van der Waals surface area contributed by atoms with Crippen molar-refractivity contribution in [2.75, 3.05) is 13.1 Å². The maximum Gasteiger partial charge on any atom is 0.257 e. The number of phenolic OH excluding ortho intramolecular Hbond substituents is 1. The Morgan fingerprint density at radius 1 is 1.50 bits per heavy atom. The van der Waals surface area contributed by atoms with Crippen molar-refractivity contribution in [3.8, 4) is 5.75 Å². The lowest BCUT2D eigenvalue weighted by Gasteiger charge is -2.32. The van der Waals surface area contributed by atoms with E-state index in [1.54, 1.807) is 11.0 Å². The van der Waals surface area contributed by atoms with Gasteiger partial charge >= 0.3 is 0 Å². The van der Waals surface area contributed by atoms with Crippen molar-refractivity contribution < 1.29 is 9.90 Å². The first-order chi connectivity index (χ1) is 8.61. The van der Waals surface area contributed by atoms with E-state index in [1.165, 1.54) is 31.4 Å². The van der Waals surface area contributed by atoms with Crippen LogP contribution in [0.2, 0.25) is 5.02 Å². The molecule has 0 unspecified atom stereocenters. The summed E-state index contributed by atoms with van der Waals surface area (Å²) in [5.74, 6) is 0.482. The van der Waals surface area contributed by atoms with Gasteiger partial charge in [-0.05, 0) is 43.9 Å². The number of halogens is 1. The summed E-state index contributed by atoms with van der Waals surface area (Å²) in [4.78, 5) is 14.1. The lowest BCUT2D eigenvalue weighted by molar-refractivity contribution is 0.0703. The molecule has 0 aliphatic heterocycles. The third kappa shape index (κ3) is 2.78. The fourth-order valence-electron chi connectivity index (χ4n) is 2.19. The molecule has 18 heavy (non-hydrogen) atoms. The average Bonchev–Trinajstić information content (AvgIpc) is 2.30. The van der Waals surface area contributed by atoms with Crippen LogP contribution in [-0.4, -0.2) is 29.0 Å². The van der Waals surface area contributed by atoms with Crippen LogP contribution in [0, 0.1) is 5.92 Å². The van der Waals surface area contributed by atoms with Crippen LogP contribution in [-0.2, 0) is 0 Å². The molecular formula is C14H18ClNO2. The second-order valence-corrected chi connectivity index (χ2v) is 5.24. The molecule has 1 aromatic rings. The molecule has 0 heterocycles. The zero-order valence-electron chi connectivity index (χ0n) is 10.5. The fourth-order valence-corrected chi connectivity index (χ4v) is 2.36. The maximum atomic E-state index is 12.3. The summed E-state index contributed by atoms with van der Waals surface area (Å²) in [6.07, 6.45) is 3.66. The quantitative estimate of drug-likeness (QED) is 0.909. The number of aromatic hydroxyl groups is 1. The number of rotatable bonds is 4. The van der Waals surface area contributed by atoms with Crippen molar-refractivity contribution in [2.24, 2.45) is 5.92 Å². The zero-order valence-corrected chi connectivity index (χ0v) is 11.3. The average molecular weight is 268 g/mol. The second kappa shape index (κ2) is 5.61. The number of carbonyl (C=O) groups excluding carboxylic acids is 1. The minimum absolute atomic E-state index is 0.00328. The van der Waals surface area contributed by atoms with Gasteiger partial charge in [0.25, 0.3) is 5.91 Å². The van der Waals surface area contributed by atoms with Gasteiger partial charge in [0.2, 0.25) is 0 Å². The Morgan fingerprint density at radius 3 is 2.78 bits per heavy atom. The van der Waals surface area contributed by atoms with Gasteiger partial charge in [-0.3, -0.25) is 4.79 Å². The normalized spacial score (nSPS) is 15.2. The van der Waals surface area contributed by atoms with Gasteiger partial charge in [-0.2, -0.15) is 0 Å². The summed E-state index contributed by atoms with van der Waals surface area (Å²) in [7, 11) is 0. The first-order valence-electron chi connectivity index (χ1n) is 6.39. The van der Waals surface area contributed by atoms with Crippen LogP contribution < -0.4 is 0 Å². The van der Waals surface area contributed by atoms with Crippen molar-refractivity contribution in [3.05, 3.63) is 28.8 Å². The van der Waals surface area contributed by atoms with E-state index in [-0.39, 0.29) is 11.7 Å². The van der Waals surface area contributed by atoms with Crippen LogP contribution in [0.5, 0.6) is 5.75 Å². The third-order valence-corrected chi connectivity index (χ3v) is 3.80. The predicted octanol–water partition coefficient (Wildman–Crippen LogP) is 3.31. The number of carbonyl (C=O) groups is 1. The number of hydrogen-bond acceptors (Lipinski definition) is 2. The number of benzene rings is 1. The Morgan fingerprint density at radius 2 is 2.22 bits per heavy atom. The highest BCUT2D eigenvalue weighted by atomic mass is 35.5. The summed E-state index contributed by atoms with van der Waals surface area (Å²) in [5, 5.41) is 10.2. The van der Waals surface area contributed by atoms with E-state index >= 15 is 0 Å². The topological polar surface area (TPSA) is 40.5 Å². The van der Waals surface area contributed by atoms with Crippen molar-refractivity contribution in [2.45, 2.75) is 26.2 Å². The molecule has 0 bridgehead atoms. The second-order valence-electron chi connectivity index (χ2n) is 4.80. The lowest BCUT2D eigenvalue weighted by Crippen LogP contribution is -2.37. The van der Waals surface area contributed by atoms with Crippen LogP contribution in [0.4, 0.5) is 0 Å². The summed E-state index contributed by atoms with van der Waals surface area (Å²) in [5.41, 5.74) is 0.295. The van der Waals surface area contributed by atoms with Gasteiger partial charge in [0.15, 0.2) is 0 Å². The summed E-state index contributed by atoms with van der Waals surface area (Å²) >= 11 is 5.87. The number of nitrogens with zero attached hydrogens (tertiary/aromatic N) is 1. The molecule has 1 aliphatic carbocycles. The highest BCUT2D eigenvalue weighted by Gasteiger charge is 2.24. The standard InChI is InChI=1S/C14H18ClNO2/c1-2-16(9-10-4-3-5-10)14(18)12-8-11(15)6-7-13(12)17/h6-8,10,17H,2-5,9H2,1H3. The van der Waals surface area contributed by atoms with E-state index in [1.807, 2.05) is 6.92 Å². The maximum absolute atomic E-state index is 12.3. The Labute approximate surface area is 112 Å². The molecule has 1 aromatic carbocycles. The monoisotopic (exact) mass is 267 g/mol. The molecule has 98 valence electrons. The largest absolute Gasteiger partial charge is 0.507 e. The SMILES string of the molecule is CCN(CC1CCC1)C(=O)c1cc(Cl)ccc1O. The van der Waals surface area contributed by atoms with Crippen LogP contribution in [0.3, 0.4) is 0 Å². The molecule has 1 aliphatic rings. The Kier molecular flexibility index (Phi) is 4.12. The number of hydrogen-bond donors (Lipinski definition) is 1. The van der Waals surface area contributed by atoms with Crippen molar-refractivity contribution in [1.29, 1.82) is 0 Å². The Balaban J connectivity index is 2.14. The van der Waals surface area contributed by atoms with E-state index in [0.29, 0.717) is 23.0 Å². The zero-order chi connectivity index (χ0) is 13.1. The summed E-state index contributed by atoms with van der Waals surface area (Å²) < 4.78 is 0. The fraction of sp³-hybridized carbons (Fsp3) is 0.500. The number of phenols is 1. The van der Waals surface area contributed by atoms with E-state index in [2.05, 4.69) is 0 Å². The molecule has 0 aromatic heterocycles. The van der Waals surface area contributed by atoms with Crippen molar-refractivity contribution in [3.63, 3.8) is 0 Å². The van der Waals surface area contributed by atoms with Gasteiger partial charge in [-0.1, -0.05) is 18.0 Å². The molecule has 0 radical (unpaired) electrons. The minimum Gasteiger partial charge on any atom is -0.507 e. The molecule has 1 saturated carbocycles. The molecule has 1 fully saturated rings. The van der Waals surface area contributed by atoms with E-state index < -0.39 is 0 Å². The summed E-state index contributed by atoms with van der Waals surface area (Å²) in [6.45, 7) is 3.39. The van der Waals surface area contributed by atoms with E-state index in [4.69, 9.17) is 11.6 Å². The van der Waals surface area contributed by atoms with Crippen molar-refractivity contribution in [1.82, 2.24) is 4.90 Å². The molecule has 4 heteroatoms. The number of amides is 1. The van der Waals surface area contributed by atoms with Gasteiger partial charge < -0.3 is 10.0 Å². The predicted molar refractivity (Wildman–Crippen MR) is 72.0 cm³/mol. The van der Waals surface area contributed by atoms with Gasteiger partial charge in [0, 0.05) is 18.1 Å². The minimum atomic E-state index is -0.135. The Hall–Kier alpha value is -1.22. The highest BCUT2D eigenvalue weighted by Crippen LogP contribution is 2.29. The van der Waals surface area contributed by atoms with Crippen LogP contribution >= 0.6 is 11.6 Å².